The van der Waals surface area contributed by atoms with Gasteiger partial charge in [0.15, 0.2) is 0 Å². The van der Waals surface area contributed by atoms with Gasteiger partial charge in [-0.3, -0.25) is 0 Å². The van der Waals surface area contributed by atoms with Crippen LogP contribution in [0.1, 0.15) is 19.4 Å². The number of nitrogens with two attached hydrogens (primary N) is 1. The van der Waals surface area contributed by atoms with Gasteiger partial charge in [-0.05, 0) is 38.7 Å². The Morgan fingerprint density at radius 2 is 1.75 bits per heavy atom. The van der Waals surface area contributed by atoms with Gasteiger partial charge in [-0.25, -0.2) is 8.42 Å². The zero-order chi connectivity index (χ0) is 15.3. The predicted octanol–water partition coefficient (Wildman–Crippen LogP) is 1.37. The lowest BCUT2D eigenvalue weighted by Gasteiger charge is -2.29. The number of hydrogen-bond acceptors (Lipinski definition) is 4. The minimum atomic E-state index is -3.32. The van der Waals surface area contributed by atoms with E-state index in [1.807, 2.05) is 32.8 Å². The second-order valence-corrected chi connectivity index (χ2v) is 7.23. The van der Waals surface area contributed by atoms with Gasteiger partial charge in [-0.1, -0.05) is 19.1 Å². The molecule has 1 aromatic carbocycles. The molecule has 114 valence electrons. The molecule has 1 aromatic rings. The van der Waals surface area contributed by atoms with Crippen LogP contribution in [0, 0.1) is 0 Å². The van der Waals surface area contributed by atoms with E-state index in [0.29, 0.717) is 18.8 Å². The minimum Gasteiger partial charge on any atom is -0.399 e. The zero-order valence-electron chi connectivity index (χ0n) is 12.7. The fraction of sp³-hybridized carbons (Fsp3) is 0.571. The van der Waals surface area contributed by atoms with E-state index in [4.69, 9.17) is 5.73 Å². The molecule has 0 saturated carbocycles. The van der Waals surface area contributed by atoms with Crippen molar-refractivity contribution in [2.45, 2.75) is 25.6 Å². The van der Waals surface area contributed by atoms with E-state index in [2.05, 4.69) is 0 Å². The van der Waals surface area contributed by atoms with Crippen molar-refractivity contribution in [2.75, 3.05) is 32.9 Å². The van der Waals surface area contributed by atoms with Crippen molar-refractivity contribution in [2.24, 2.45) is 0 Å². The van der Waals surface area contributed by atoms with Crippen molar-refractivity contribution in [3.05, 3.63) is 29.8 Å². The van der Waals surface area contributed by atoms with E-state index in [9.17, 15) is 8.42 Å². The fourth-order valence-electron chi connectivity index (χ4n) is 2.31. The molecule has 0 aromatic heterocycles. The molecule has 2 N–H and O–H groups in total. The second-order valence-electron chi connectivity index (χ2n) is 5.31. The third-order valence-electron chi connectivity index (χ3n) is 3.12. The summed E-state index contributed by atoms with van der Waals surface area (Å²) in [6, 6.07) is 6.93. The predicted molar refractivity (Wildman–Crippen MR) is 83.9 cm³/mol. The highest BCUT2D eigenvalue weighted by Gasteiger charge is 2.26. The number of rotatable bonds is 7. The molecule has 0 fully saturated rings. The molecular weight excluding hydrogens is 274 g/mol. The summed E-state index contributed by atoms with van der Waals surface area (Å²) in [4.78, 5) is 1.99. The third-order valence-corrected chi connectivity index (χ3v) is 5.15. The topological polar surface area (TPSA) is 66.6 Å². The number of anilines is 1. The van der Waals surface area contributed by atoms with E-state index in [-0.39, 0.29) is 11.8 Å². The zero-order valence-corrected chi connectivity index (χ0v) is 13.5. The first kappa shape index (κ1) is 16.9. The molecule has 0 bridgehead atoms. The van der Waals surface area contributed by atoms with E-state index in [1.165, 1.54) is 0 Å². The van der Waals surface area contributed by atoms with Gasteiger partial charge in [-0.2, -0.15) is 4.31 Å². The molecule has 6 heteroatoms. The second kappa shape index (κ2) is 7.06. The van der Waals surface area contributed by atoms with Gasteiger partial charge in [0.2, 0.25) is 10.0 Å². The number of sulfonamides is 1. The van der Waals surface area contributed by atoms with Crippen molar-refractivity contribution in [1.29, 1.82) is 0 Å². The Kier molecular flexibility index (Phi) is 5.98. The number of hydrogen-bond donors (Lipinski definition) is 1. The van der Waals surface area contributed by atoms with Gasteiger partial charge in [0.25, 0.3) is 0 Å². The standard InChI is InChI=1S/C14H25N3O2S/c1-5-17(12(2)10-16(3)4)20(18,19)11-13-6-8-14(15)9-7-13/h6-9,12H,5,10-11,15H2,1-4H3. The van der Waals surface area contributed by atoms with Crippen LogP contribution in [0.25, 0.3) is 0 Å². The molecule has 0 spiro atoms. The summed E-state index contributed by atoms with van der Waals surface area (Å²) in [5.74, 6) is 0.0128. The summed E-state index contributed by atoms with van der Waals surface area (Å²) in [5, 5.41) is 0. The molecule has 1 atom stereocenters. The number of likely N-dealkylation sites (N-methyl/N-ethyl adjacent to an activating group) is 2. The lowest BCUT2D eigenvalue weighted by Crippen LogP contribution is -2.44. The molecule has 0 heterocycles. The average Bonchev–Trinajstić information content (AvgIpc) is 2.31. The third kappa shape index (κ3) is 4.77. The van der Waals surface area contributed by atoms with Crippen LogP contribution in [0.15, 0.2) is 24.3 Å². The van der Waals surface area contributed by atoms with E-state index in [0.717, 1.165) is 5.56 Å². The molecule has 0 radical (unpaired) electrons. The number of benzene rings is 1. The summed E-state index contributed by atoms with van der Waals surface area (Å²) in [7, 11) is 0.565. The largest absolute Gasteiger partial charge is 0.399 e. The van der Waals surface area contributed by atoms with Crippen molar-refractivity contribution in [3.63, 3.8) is 0 Å². The van der Waals surface area contributed by atoms with Crippen molar-refractivity contribution >= 4 is 15.7 Å². The van der Waals surface area contributed by atoms with E-state index < -0.39 is 10.0 Å². The van der Waals surface area contributed by atoms with Gasteiger partial charge < -0.3 is 10.6 Å². The Morgan fingerprint density at radius 1 is 1.20 bits per heavy atom. The molecule has 1 unspecified atom stereocenters. The minimum absolute atomic E-state index is 0.0128. The molecule has 1 rings (SSSR count). The SMILES string of the molecule is CCN(C(C)CN(C)C)S(=O)(=O)Cc1ccc(N)cc1. The van der Waals surface area contributed by atoms with Crippen molar-refractivity contribution in [1.82, 2.24) is 9.21 Å². The Morgan fingerprint density at radius 3 is 2.20 bits per heavy atom. The van der Waals surface area contributed by atoms with E-state index in [1.54, 1.807) is 28.6 Å². The first-order valence-corrected chi connectivity index (χ1v) is 8.36. The summed E-state index contributed by atoms with van der Waals surface area (Å²) in [6.07, 6.45) is 0. The Labute approximate surface area is 122 Å². The van der Waals surface area contributed by atoms with Crippen LogP contribution in [-0.2, 0) is 15.8 Å². The highest BCUT2D eigenvalue weighted by atomic mass is 32.2. The maximum Gasteiger partial charge on any atom is 0.218 e. The maximum atomic E-state index is 12.5. The Hall–Kier alpha value is -1.11. The van der Waals surface area contributed by atoms with E-state index >= 15 is 0 Å². The highest BCUT2D eigenvalue weighted by Crippen LogP contribution is 2.15. The average molecular weight is 299 g/mol. The molecular formula is C14H25N3O2S. The van der Waals surface area contributed by atoms with Crippen LogP contribution in [0.3, 0.4) is 0 Å². The maximum absolute atomic E-state index is 12.5. The van der Waals surface area contributed by atoms with Crippen LogP contribution in [0.5, 0.6) is 0 Å². The van der Waals surface area contributed by atoms with Crippen LogP contribution in [0.4, 0.5) is 5.69 Å². The van der Waals surface area contributed by atoms with Crippen molar-refractivity contribution in [3.8, 4) is 0 Å². The fourth-order valence-corrected chi connectivity index (χ4v) is 4.10. The van der Waals surface area contributed by atoms with Crippen LogP contribution < -0.4 is 5.73 Å². The van der Waals surface area contributed by atoms with Gasteiger partial charge >= 0.3 is 0 Å². The summed E-state index contributed by atoms with van der Waals surface area (Å²) >= 11 is 0. The quantitative estimate of drug-likeness (QED) is 0.772. The Balaban J connectivity index is 2.86. The smallest absolute Gasteiger partial charge is 0.218 e. The molecule has 5 nitrogen and oxygen atoms in total. The lowest BCUT2D eigenvalue weighted by molar-refractivity contribution is 0.271. The molecule has 0 aliphatic carbocycles. The summed E-state index contributed by atoms with van der Waals surface area (Å²) in [5.41, 5.74) is 7.01. The highest BCUT2D eigenvalue weighted by molar-refractivity contribution is 7.88. The van der Waals surface area contributed by atoms with Gasteiger partial charge in [-0.15, -0.1) is 0 Å². The number of nitrogen functional groups attached to an aromatic ring is 1. The van der Waals surface area contributed by atoms with Crippen molar-refractivity contribution < 1.29 is 8.42 Å². The first-order valence-electron chi connectivity index (χ1n) is 6.75. The summed E-state index contributed by atoms with van der Waals surface area (Å²) in [6.45, 7) is 4.98. The molecule has 0 aliphatic heterocycles. The van der Waals surface area contributed by atoms with Crippen LogP contribution in [0.2, 0.25) is 0 Å². The van der Waals surface area contributed by atoms with Gasteiger partial charge in [0.05, 0.1) is 5.75 Å². The molecule has 20 heavy (non-hydrogen) atoms. The van der Waals surface area contributed by atoms with Crippen LogP contribution >= 0.6 is 0 Å². The number of nitrogens with zero attached hydrogens (tertiary/aromatic N) is 2. The van der Waals surface area contributed by atoms with Gasteiger partial charge in [0.1, 0.15) is 0 Å². The Bertz CT molecular complexity index is 512. The first-order chi connectivity index (χ1) is 9.26. The van der Waals surface area contributed by atoms with Gasteiger partial charge in [0, 0.05) is 24.8 Å². The normalized spacial score (nSPS) is 13.9. The lowest BCUT2D eigenvalue weighted by atomic mass is 10.2. The molecule has 0 amide bonds. The summed E-state index contributed by atoms with van der Waals surface area (Å²) < 4.78 is 26.6. The molecule has 0 aliphatic rings. The monoisotopic (exact) mass is 299 g/mol. The van der Waals surface area contributed by atoms with Crippen LogP contribution in [-0.4, -0.2) is 50.8 Å². The molecule has 0 saturated heterocycles.